The van der Waals surface area contributed by atoms with Gasteiger partial charge in [0.25, 0.3) is 0 Å². The zero-order chi connectivity index (χ0) is 18.7. The summed E-state index contributed by atoms with van der Waals surface area (Å²) in [5.74, 6) is 0. The van der Waals surface area contributed by atoms with Gasteiger partial charge in [0.2, 0.25) is 0 Å². The third kappa shape index (κ3) is 10.1. The topological polar surface area (TPSA) is 0 Å². The minimum absolute atomic E-state index is 0.524. The Labute approximate surface area is 170 Å². The second-order valence-electron chi connectivity index (χ2n) is 7.86. The Bertz CT molecular complexity index is 500. The number of benzene rings is 1. The summed E-state index contributed by atoms with van der Waals surface area (Å²) < 4.78 is 0.925. The van der Waals surface area contributed by atoms with Gasteiger partial charge in [-0.05, 0) is 25.0 Å². The summed E-state index contributed by atoms with van der Waals surface area (Å²) in [5, 5.41) is 1.82. The van der Waals surface area contributed by atoms with Gasteiger partial charge < -0.3 is 4.48 Å². The van der Waals surface area contributed by atoms with Gasteiger partial charge in [-0.25, -0.2) is 0 Å². The number of rotatable bonds is 13. The molecule has 1 aromatic carbocycles. The minimum atomic E-state index is 0.524. The fourth-order valence-electron chi connectivity index (χ4n) is 3.25. The van der Waals surface area contributed by atoms with E-state index in [4.69, 9.17) is 34.8 Å². The molecule has 0 aliphatic carbocycles. The van der Waals surface area contributed by atoms with Gasteiger partial charge in [-0.1, -0.05) is 93.1 Å². The lowest BCUT2D eigenvalue weighted by Gasteiger charge is -2.30. The summed E-state index contributed by atoms with van der Waals surface area (Å²) in [6.45, 7) is 4.32. The molecule has 0 saturated carbocycles. The quantitative estimate of drug-likeness (QED) is 0.176. The van der Waals surface area contributed by atoms with Crippen LogP contribution in [0.4, 0.5) is 0 Å². The van der Waals surface area contributed by atoms with E-state index in [1.807, 2.05) is 6.07 Å². The van der Waals surface area contributed by atoms with E-state index >= 15 is 0 Å². The highest BCUT2D eigenvalue weighted by molar-refractivity contribution is 6.43. The van der Waals surface area contributed by atoms with Gasteiger partial charge in [-0.2, -0.15) is 0 Å². The summed E-state index contributed by atoms with van der Waals surface area (Å²) in [6, 6.07) is 3.66. The van der Waals surface area contributed by atoms with Crippen LogP contribution in [0.15, 0.2) is 12.1 Å². The second-order valence-corrected chi connectivity index (χ2v) is 9.08. The van der Waals surface area contributed by atoms with Crippen molar-refractivity contribution in [1.29, 1.82) is 0 Å². The molecule has 1 nitrogen and oxygen atoms in total. The van der Waals surface area contributed by atoms with Crippen LogP contribution >= 0.6 is 34.8 Å². The highest BCUT2D eigenvalue weighted by Gasteiger charge is 2.18. The van der Waals surface area contributed by atoms with Crippen LogP contribution in [0.2, 0.25) is 15.1 Å². The molecular weight excluding hydrogens is 373 g/mol. The smallest absolute Gasteiger partial charge is 0.105 e. The molecule has 0 aromatic heterocycles. The van der Waals surface area contributed by atoms with E-state index in [0.717, 1.165) is 23.1 Å². The molecule has 0 radical (unpaired) electrons. The maximum atomic E-state index is 6.32. The van der Waals surface area contributed by atoms with Crippen molar-refractivity contribution >= 4 is 34.8 Å². The molecule has 0 spiro atoms. The Hall–Kier alpha value is 0.0500. The fraction of sp³-hybridized carbons (Fsp3) is 0.714. The third-order valence-corrected chi connectivity index (χ3v) is 5.88. The Morgan fingerprint density at radius 3 is 1.72 bits per heavy atom. The zero-order valence-corrected chi connectivity index (χ0v) is 18.5. The molecule has 0 fully saturated rings. The summed E-state index contributed by atoms with van der Waals surface area (Å²) >= 11 is 18.5. The number of hydrogen-bond donors (Lipinski definition) is 0. The Kier molecular flexibility index (Phi) is 11.5. The number of quaternary nitrogens is 1. The maximum absolute atomic E-state index is 6.32. The van der Waals surface area contributed by atoms with Crippen LogP contribution in [-0.2, 0) is 6.54 Å². The number of nitrogens with zero attached hydrogens (tertiary/aromatic N) is 1. The standard InChI is InChI=1S/C21H35Cl3N/c1-4-5-6-7-8-9-10-11-12-13-14-25(2,3)17-18-15-20(23)21(24)16-19(18)22/h15-16H,4-14,17H2,1-3H3/q+1. The van der Waals surface area contributed by atoms with Crippen LogP contribution in [0.1, 0.15) is 76.7 Å². The number of unbranched alkanes of at least 4 members (excludes halogenated alkanes) is 9. The molecule has 0 heterocycles. The molecule has 0 saturated heterocycles. The first kappa shape index (κ1) is 23.1. The van der Waals surface area contributed by atoms with Gasteiger partial charge in [-0.15, -0.1) is 0 Å². The molecule has 4 heteroatoms. The van der Waals surface area contributed by atoms with Gasteiger partial charge >= 0.3 is 0 Å². The van der Waals surface area contributed by atoms with Gasteiger partial charge in [-0.3, -0.25) is 0 Å². The largest absolute Gasteiger partial charge is 0.325 e. The van der Waals surface area contributed by atoms with E-state index in [-0.39, 0.29) is 0 Å². The van der Waals surface area contributed by atoms with Crippen LogP contribution < -0.4 is 0 Å². The predicted molar refractivity (Wildman–Crippen MR) is 114 cm³/mol. The Morgan fingerprint density at radius 1 is 0.680 bits per heavy atom. The molecule has 1 rings (SSSR count). The highest BCUT2D eigenvalue weighted by atomic mass is 35.5. The molecule has 144 valence electrons. The molecule has 0 aliphatic heterocycles. The van der Waals surface area contributed by atoms with E-state index in [0.29, 0.717) is 15.1 Å². The molecule has 0 bridgehead atoms. The molecule has 1 aromatic rings. The summed E-state index contributed by atoms with van der Waals surface area (Å²) in [7, 11) is 4.51. The average Bonchev–Trinajstić information content (AvgIpc) is 2.54. The summed E-state index contributed by atoms with van der Waals surface area (Å²) in [5.41, 5.74) is 1.08. The SMILES string of the molecule is CCCCCCCCCCCC[N+](C)(C)Cc1cc(Cl)c(Cl)cc1Cl. The minimum Gasteiger partial charge on any atom is -0.325 e. The van der Waals surface area contributed by atoms with Crippen molar-refractivity contribution < 1.29 is 4.48 Å². The van der Waals surface area contributed by atoms with E-state index in [9.17, 15) is 0 Å². The van der Waals surface area contributed by atoms with Crippen molar-refractivity contribution in [2.24, 2.45) is 0 Å². The first-order valence-corrected chi connectivity index (χ1v) is 10.9. The van der Waals surface area contributed by atoms with Crippen molar-refractivity contribution in [3.63, 3.8) is 0 Å². The summed E-state index contributed by atoms with van der Waals surface area (Å²) in [4.78, 5) is 0. The van der Waals surface area contributed by atoms with Crippen molar-refractivity contribution in [1.82, 2.24) is 0 Å². The van der Waals surface area contributed by atoms with Crippen molar-refractivity contribution in [3.8, 4) is 0 Å². The Balaban J connectivity index is 2.20. The van der Waals surface area contributed by atoms with Crippen LogP contribution in [-0.4, -0.2) is 25.1 Å². The molecular formula is C21H35Cl3N+. The molecule has 25 heavy (non-hydrogen) atoms. The molecule has 0 aliphatic rings. The first-order chi connectivity index (χ1) is 11.9. The third-order valence-electron chi connectivity index (χ3n) is 4.80. The van der Waals surface area contributed by atoms with Gasteiger partial charge in [0, 0.05) is 5.56 Å². The molecule has 0 N–H and O–H groups in total. The second kappa shape index (κ2) is 12.4. The van der Waals surface area contributed by atoms with Gasteiger partial charge in [0.1, 0.15) is 6.54 Å². The van der Waals surface area contributed by atoms with E-state index in [2.05, 4.69) is 21.0 Å². The average molecular weight is 408 g/mol. The van der Waals surface area contributed by atoms with Crippen molar-refractivity contribution in [2.45, 2.75) is 77.7 Å². The van der Waals surface area contributed by atoms with Crippen molar-refractivity contribution in [3.05, 3.63) is 32.8 Å². The molecule has 0 unspecified atom stereocenters. The van der Waals surface area contributed by atoms with Crippen LogP contribution in [0, 0.1) is 0 Å². The predicted octanol–water partition coefficient (Wildman–Crippen LogP) is 8.14. The zero-order valence-electron chi connectivity index (χ0n) is 16.2. The van der Waals surface area contributed by atoms with E-state index in [1.54, 1.807) is 6.07 Å². The first-order valence-electron chi connectivity index (χ1n) is 9.81. The monoisotopic (exact) mass is 406 g/mol. The number of hydrogen-bond acceptors (Lipinski definition) is 0. The molecule has 0 atom stereocenters. The highest BCUT2D eigenvalue weighted by Crippen LogP contribution is 2.30. The van der Waals surface area contributed by atoms with Crippen LogP contribution in [0.5, 0.6) is 0 Å². The van der Waals surface area contributed by atoms with E-state index < -0.39 is 0 Å². The lowest BCUT2D eigenvalue weighted by atomic mass is 10.1. The Morgan fingerprint density at radius 2 is 1.16 bits per heavy atom. The normalized spacial score (nSPS) is 11.9. The van der Waals surface area contributed by atoms with Gasteiger partial charge in [0.15, 0.2) is 0 Å². The van der Waals surface area contributed by atoms with Crippen LogP contribution in [0.25, 0.3) is 0 Å². The number of halogens is 3. The lowest BCUT2D eigenvalue weighted by Crippen LogP contribution is -2.39. The maximum Gasteiger partial charge on any atom is 0.105 e. The fourth-order valence-corrected chi connectivity index (χ4v) is 3.88. The lowest BCUT2D eigenvalue weighted by molar-refractivity contribution is -0.903. The van der Waals surface area contributed by atoms with Crippen LogP contribution in [0.3, 0.4) is 0 Å². The van der Waals surface area contributed by atoms with E-state index in [1.165, 1.54) is 64.2 Å². The molecule has 0 amide bonds. The van der Waals surface area contributed by atoms with Gasteiger partial charge in [0.05, 0.1) is 35.7 Å². The van der Waals surface area contributed by atoms with Crippen molar-refractivity contribution in [2.75, 3.05) is 20.6 Å². The summed E-state index contributed by atoms with van der Waals surface area (Å²) in [6.07, 6.45) is 13.7.